The van der Waals surface area contributed by atoms with Crippen molar-refractivity contribution in [2.75, 3.05) is 49.4 Å². The Bertz CT molecular complexity index is 1160. The molecule has 0 bridgehead atoms. The van der Waals surface area contributed by atoms with Crippen molar-refractivity contribution in [3.63, 3.8) is 0 Å². The summed E-state index contributed by atoms with van der Waals surface area (Å²) < 4.78 is 18.1. The van der Waals surface area contributed by atoms with Gasteiger partial charge in [-0.25, -0.2) is 4.79 Å². The molecular formula is C26H33N5O4. The molecule has 3 N–H and O–H groups in total. The van der Waals surface area contributed by atoms with Crippen LogP contribution in [0.25, 0.3) is 11.3 Å². The second-order valence-electron chi connectivity index (χ2n) is 9.41. The number of rotatable bonds is 6. The van der Waals surface area contributed by atoms with E-state index < -0.39 is 11.7 Å². The van der Waals surface area contributed by atoms with Crippen LogP contribution in [-0.2, 0) is 16.0 Å². The van der Waals surface area contributed by atoms with Crippen molar-refractivity contribution >= 4 is 23.2 Å². The van der Waals surface area contributed by atoms with Crippen LogP contribution in [0.4, 0.5) is 21.9 Å². The van der Waals surface area contributed by atoms with E-state index in [0.717, 1.165) is 41.3 Å². The number of hydrogen-bond donors (Lipinski definition) is 2. The molecule has 2 heterocycles. The highest BCUT2D eigenvalue weighted by atomic mass is 16.6. The van der Waals surface area contributed by atoms with E-state index >= 15 is 0 Å². The molecule has 9 nitrogen and oxygen atoms in total. The van der Waals surface area contributed by atoms with Crippen LogP contribution in [-0.4, -0.2) is 54.9 Å². The first-order valence-corrected chi connectivity index (χ1v) is 11.6. The number of amides is 1. The van der Waals surface area contributed by atoms with Gasteiger partial charge in [-0.1, -0.05) is 12.1 Å². The highest BCUT2D eigenvalue weighted by Crippen LogP contribution is 2.36. The minimum absolute atomic E-state index is 0.504. The van der Waals surface area contributed by atoms with Gasteiger partial charge in [-0.2, -0.15) is 5.10 Å². The van der Waals surface area contributed by atoms with Crippen molar-refractivity contribution in [2.24, 2.45) is 0 Å². The predicted molar refractivity (Wildman–Crippen MR) is 137 cm³/mol. The summed E-state index contributed by atoms with van der Waals surface area (Å²) >= 11 is 0. The van der Waals surface area contributed by atoms with Crippen molar-refractivity contribution < 1.29 is 19.0 Å². The maximum absolute atomic E-state index is 12.6. The lowest BCUT2D eigenvalue weighted by Crippen LogP contribution is -2.36. The maximum atomic E-state index is 12.6. The summed E-state index contributed by atoms with van der Waals surface area (Å²) in [5.41, 5.74) is 10.5. The van der Waals surface area contributed by atoms with Gasteiger partial charge in [0.2, 0.25) is 0 Å². The summed E-state index contributed by atoms with van der Waals surface area (Å²) in [4.78, 5) is 14.9. The third-order valence-corrected chi connectivity index (χ3v) is 5.63. The van der Waals surface area contributed by atoms with Crippen LogP contribution in [0, 0.1) is 0 Å². The van der Waals surface area contributed by atoms with Crippen LogP contribution >= 0.6 is 0 Å². The molecule has 0 unspecified atom stereocenters. The molecule has 9 heteroatoms. The zero-order valence-corrected chi connectivity index (χ0v) is 20.7. The molecule has 0 aliphatic carbocycles. The molecule has 1 aromatic heterocycles. The van der Waals surface area contributed by atoms with Gasteiger partial charge in [-0.3, -0.25) is 10.00 Å². The van der Waals surface area contributed by atoms with Crippen LogP contribution in [0.3, 0.4) is 0 Å². The third-order valence-electron chi connectivity index (χ3n) is 5.63. The number of morpholine rings is 1. The lowest BCUT2D eigenvalue weighted by atomic mass is 10.1. The molecule has 2 aromatic carbocycles. The number of nitrogen functional groups attached to an aromatic ring is 1. The number of anilines is 3. The van der Waals surface area contributed by atoms with Crippen molar-refractivity contribution in [3.05, 3.63) is 54.2 Å². The lowest BCUT2D eigenvalue weighted by Gasteiger charge is -2.29. The Morgan fingerprint density at radius 1 is 1.14 bits per heavy atom. The zero-order chi connectivity index (χ0) is 25.0. The van der Waals surface area contributed by atoms with E-state index in [-0.39, 0.29) is 0 Å². The maximum Gasteiger partial charge on any atom is 0.412 e. The Morgan fingerprint density at radius 2 is 1.86 bits per heavy atom. The van der Waals surface area contributed by atoms with Gasteiger partial charge in [0.25, 0.3) is 0 Å². The number of carbonyl (C=O) groups is 1. The van der Waals surface area contributed by atoms with E-state index in [0.29, 0.717) is 31.1 Å². The smallest absolute Gasteiger partial charge is 0.412 e. The fourth-order valence-corrected chi connectivity index (χ4v) is 3.99. The van der Waals surface area contributed by atoms with Gasteiger partial charge in [-0.15, -0.1) is 0 Å². The molecule has 35 heavy (non-hydrogen) atoms. The molecule has 1 aliphatic rings. The molecule has 3 aromatic rings. The largest absolute Gasteiger partial charge is 0.497 e. The average molecular weight is 480 g/mol. The number of benzene rings is 2. The van der Waals surface area contributed by atoms with E-state index in [1.165, 1.54) is 0 Å². The number of nitrogens with zero attached hydrogens (tertiary/aromatic N) is 3. The summed E-state index contributed by atoms with van der Waals surface area (Å²) in [7, 11) is 1.64. The summed E-state index contributed by atoms with van der Waals surface area (Å²) in [6.07, 6.45) is 1.11. The van der Waals surface area contributed by atoms with Crippen molar-refractivity contribution in [1.82, 2.24) is 9.78 Å². The summed E-state index contributed by atoms with van der Waals surface area (Å²) in [6, 6.07) is 13.7. The SMILES string of the molecule is COc1ccc(Cn2ncc(N)c2-c2cc(N3CCOCC3)ccc2NC(=O)OC(C)(C)C)cc1. The van der Waals surface area contributed by atoms with Crippen LogP contribution in [0.15, 0.2) is 48.7 Å². The van der Waals surface area contributed by atoms with Crippen LogP contribution in [0.2, 0.25) is 0 Å². The molecule has 4 rings (SSSR count). The highest BCUT2D eigenvalue weighted by Gasteiger charge is 2.22. The zero-order valence-electron chi connectivity index (χ0n) is 20.7. The minimum atomic E-state index is -0.618. The Kier molecular flexibility index (Phi) is 7.16. The molecule has 0 saturated carbocycles. The van der Waals surface area contributed by atoms with Gasteiger partial charge in [0.1, 0.15) is 11.4 Å². The molecule has 0 spiro atoms. The lowest BCUT2D eigenvalue weighted by molar-refractivity contribution is 0.0636. The number of ether oxygens (including phenoxy) is 3. The number of nitrogens with two attached hydrogens (primary N) is 1. The van der Waals surface area contributed by atoms with E-state index in [4.69, 9.17) is 19.9 Å². The summed E-state index contributed by atoms with van der Waals surface area (Å²) in [6.45, 7) is 8.92. The van der Waals surface area contributed by atoms with Crippen molar-refractivity contribution in [2.45, 2.75) is 32.9 Å². The summed E-state index contributed by atoms with van der Waals surface area (Å²) in [5, 5.41) is 7.44. The van der Waals surface area contributed by atoms with Gasteiger partial charge in [0.05, 0.1) is 50.1 Å². The monoisotopic (exact) mass is 479 g/mol. The molecule has 1 fully saturated rings. The predicted octanol–water partition coefficient (Wildman–Crippen LogP) is 4.37. The molecule has 186 valence electrons. The third kappa shape index (κ3) is 6.05. The fraction of sp³-hybridized carbons (Fsp3) is 0.385. The van der Waals surface area contributed by atoms with E-state index in [1.807, 2.05) is 67.9 Å². The first-order valence-electron chi connectivity index (χ1n) is 11.6. The molecule has 0 radical (unpaired) electrons. The standard InChI is InChI=1S/C26H33N5O4/c1-26(2,3)35-25(32)29-23-10-7-19(30-11-13-34-14-12-30)15-21(23)24-22(27)16-28-31(24)17-18-5-8-20(33-4)9-6-18/h5-10,15-16H,11-14,17,27H2,1-4H3,(H,29,32). The molecule has 0 atom stereocenters. The quantitative estimate of drug-likeness (QED) is 0.541. The normalized spacial score (nSPS) is 14.0. The first kappa shape index (κ1) is 24.4. The number of carbonyl (C=O) groups excluding carboxylic acids is 1. The minimum Gasteiger partial charge on any atom is -0.497 e. The molecule has 1 aliphatic heterocycles. The van der Waals surface area contributed by atoms with Gasteiger partial charge in [0, 0.05) is 24.3 Å². The summed E-state index contributed by atoms with van der Waals surface area (Å²) in [5.74, 6) is 0.788. The first-order chi connectivity index (χ1) is 16.7. The van der Waals surface area contributed by atoms with Crippen molar-refractivity contribution in [1.29, 1.82) is 0 Å². The molecule has 1 saturated heterocycles. The van der Waals surface area contributed by atoms with E-state index in [2.05, 4.69) is 15.3 Å². The highest BCUT2D eigenvalue weighted by molar-refractivity contribution is 5.94. The van der Waals surface area contributed by atoms with Gasteiger partial charge < -0.3 is 24.8 Å². The Labute approximate surface area is 205 Å². The second-order valence-corrected chi connectivity index (χ2v) is 9.41. The fourth-order valence-electron chi connectivity index (χ4n) is 3.99. The van der Waals surface area contributed by atoms with Crippen LogP contribution in [0.1, 0.15) is 26.3 Å². The van der Waals surface area contributed by atoms with E-state index in [1.54, 1.807) is 13.3 Å². The Morgan fingerprint density at radius 3 is 2.51 bits per heavy atom. The van der Waals surface area contributed by atoms with E-state index in [9.17, 15) is 4.79 Å². The second kappa shape index (κ2) is 10.3. The number of hydrogen-bond acceptors (Lipinski definition) is 7. The average Bonchev–Trinajstić information content (AvgIpc) is 3.18. The Balaban J connectivity index is 1.72. The van der Waals surface area contributed by atoms with Gasteiger partial charge >= 0.3 is 6.09 Å². The number of methoxy groups -OCH3 is 1. The Hall–Kier alpha value is -3.72. The molecule has 1 amide bonds. The van der Waals surface area contributed by atoms with Crippen LogP contribution in [0.5, 0.6) is 5.75 Å². The van der Waals surface area contributed by atoms with Gasteiger partial charge in [0.15, 0.2) is 0 Å². The topological polar surface area (TPSA) is 104 Å². The van der Waals surface area contributed by atoms with Crippen LogP contribution < -0.4 is 20.7 Å². The number of aromatic nitrogens is 2. The van der Waals surface area contributed by atoms with Gasteiger partial charge in [-0.05, 0) is 56.7 Å². The van der Waals surface area contributed by atoms with Crippen molar-refractivity contribution in [3.8, 4) is 17.0 Å². The molecular weight excluding hydrogens is 446 g/mol. The number of nitrogens with one attached hydrogen (secondary N) is 1.